The Kier molecular flexibility index (Phi) is 3.20. The molecule has 3 heterocycles. The van der Waals surface area contributed by atoms with Crippen LogP contribution in [-0.2, 0) is 0 Å². The van der Waals surface area contributed by atoms with Crippen molar-refractivity contribution in [1.29, 1.82) is 0 Å². The number of para-hydroxylation sites is 1. The van der Waals surface area contributed by atoms with Crippen LogP contribution < -0.4 is 5.32 Å². The molecule has 0 aliphatic carbocycles. The molecule has 0 saturated heterocycles. The van der Waals surface area contributed by atoms with Gasteiger partial charge in [0, 0.05) is 10.9 Å². The number of aromatic nitrogens is 3. The number of thiophene rings is 1. The molecule has 7 heteroatoms. The van der Waals surface area contributed by atoms with Crippen LogP contribution in [0.2, 0.25) is 0 Å². The molecule has 2 N–H and O–H groups in total. The third-order valence-corrected chi connectivity index (χ3v) is 4.31. The molecular weight excluding hydrogens is 312 g/mol. The molecule has 0 saturated carbocycles. The first-order valence-corrected chi connectivity index (χ1v) is 7.86. The standard InChI is InChI=1S/C16H12N4O2S/c1-9-17-16(22-20-9)14-12(6-7-23-14)19-15(21)13-8-10-4-2-3-5-11(10)18-13/h2-8,18H,1H3,(H,19,21). The predicted octanol–water partition coefficient (Wildman–Crippen LogP) is 3.84. The first-order chi connectivity index (χ1) is 11.2. The fourth-order valence-electron chi connectivity index (χ4n) is 2.35. The van der Waals surface area contributed by atoms with Crippen molar-refractivity contribution in [2.24, 2.45) is 0 Å². The monoisotopic (exact) mass is 324 g/mol. The average molecular weight is 324 g/mol. The second kappa shape index (κ2) is 5.36. The molecule has 3 aromatic heterocycles. The molecule has 0 aliphatic rings. The van der Waals surface area contributed by atoms with Crippen LogP contribution >= 0.6 is 11.3 Å². The molecule has 0 spiro atoms. The Morgan fingerprint density at radius 3 is 2.96 bits per heavy atom. The Hall–Kier alpha value is -2.93. The Morgan fingerprint density at radius 2 is 2.17 bits per heavy atom. The van der Waals surface area contributed by atoms with Gasteiger partial charge in [0.15, 0.2) is 5.82 Å². The van der Waals surface area contributed by atoms with Crippen LogP contribution in [0.4, 0.5) is 5.69 Å². The van der Waals surface area contributed by atoms with E-state index in [1.54, 1.807) is 6.92 Å². The lowest BCUT2D eigenvalue weighted by atomic mass is 10.2. The topological polar surface area (TPSA) is 83.8 Å². The molecule has 6 nitrogen and oxygen atoms in total. The minimum absolute atomic E-state index is 0.211. The number of nitrogens with zero attached hydrogens (tertiary/aromatic N) is 2. The highest BCUT2D eigenvalue weighted by Gasteiger charge is 2.17. The minimum atomic E-state index is -0.211. The number of aromatic amines is 1. The van der Waals surface area contributed by atoms with Crippen LogP contribution in [0, 0.1) is 6.92 Å². The van der Waals surface area contributed by atoms with Crippen LogP contribution in [0.15, 0.2) is 46.3 Å². The normalized spacial score (nSPS) is 11.0. The zero-order chi connectivity index (χ0) is 15.8. The Morgan fingerprint density at radius 1 is 1.30 bits per heavy atom. The maximum absolute atomic E-state index is 12.5. The lowest BCUT2D eigenvalue weighted by molar-refractivity contribution is 0.102. The quantitative estimate of drug-likeness (QED) is 0.599. The van der Waals surface area contributed by atoms with Crippen LogP contribution in [0.1, 0.15) is 16.3 Å². The minimum Gasteiger partial charge on any atom is -0.351 e. The van der Waals surface area contributed by atoms with E-state index in [1.807, 2.05) is 41.8 Å². The SMILES string of the molecule is Cc1noc(-c2sccc2NC(=O)c2cc3ccccc3[nH]2)n1. The largest absolute Gasteiger partial charge is 0.351 e. The highest BCUT2D eigenvalue weighted by atomic mass is 32.1. The number of anilines is 1. The first kappa shape index (κ1) is 13.7. The summed E-state index contributed by atoms with van der Waals surface area (Å²) in [6, 6.07) is 11.4. The summed E-state index contributed by atoms with van der Waals surface area (Å²) in [4.78, 5) is 20.5. The summed E-state index contributed by atoms with van der Waals surface area (Å²) in [6.07, 6.45) is 0. The van der Waals surface area contributed by atoms with E-state index < -0.39 is 0 Å². The number of carbonyl (C=O) groups is 1. The summed E-state index contributed by atoms with van der Waals surface area (Å²) >= 11 is 1.44. The summed E-state index contributed by atoms with van der Waals surface area (Å²) in [6.45, 7) is 1.75. The van der Waals surface area contributed by atoms with Gasteiger partial charge in [0.2, 0.25) is 0 Å². The smallest absolute Gasteiger partial charge is 0.272 e. The van der Waals surface area contributed by atoms with Gasteiger partial charge in [-0.25, -0.2) is 0 Å². The Balaban J connectivity index is 1.63. The van der Waals surface area contributed by atoms with Gasteiger partial charge in [-0.1, -0.05) is 23.4 Å². The van der Waals surface area contributed by atoms with Gasteiger partial charge in [-0.2, -0.15) is 4.98 Å². The molecule has 0 atom stereocenters. The van der Waals surface area contributed by atoms with Gasteiger partial charge in [0.1, 0.15) is 10.6 Å². The summed E-state index contributed by atoms with van der Waals surface area (Å²) in [5.74, 6) is 0.753. The van der Waals surface area contributed by atoms with E-state index in [4.69, 9.17) is 4.52 Å². The number of rotatable bonds is 3. The van der Waals surface area contributed by atoms with Crippen molar-refractivity contribution in [1.82, 2.24) is 15.1 Å². The van der Waals surface area contributed by atoms with Gasteiger partial charge in [-0.15, -0.1) is 11.3 Å². The predicted molar refractivity (Wildman–Crippen MR) is 88.6 cm³/mol. The van der Waals surface area contributed by atoms with Crippen molar-refractivity contribution in [3.63, 3.8) is 0 Å². The summed E-state index contributed by atoms with van der Waals surface area (Å²) in [7, 11) is 0. The van der Waals surface area contributed by atoms with Gasteiger partial charge >= 0.3 is 0 Å². The molecule has 114 valence electrons. The maximum Gasteiger partial charge on any atom is 0.272 e. The molecule has 4 rings (SSSR count). The van der Waals surface area contributed by atoms with Gasteiger partial charge in [0.05, 0.1) is 5.69 Å². The molecule has 0 bridgehead atoms. The number of carbonyl (C=O) groups excluding carboxylic acids is 1. The van der Waals surface area contributed by atoms with E-state index in [0.29, 0.717) is 23.1 Å². The van der Waals surface area contributed by atoms with E-state index in [0.717, 1.165) is 15.8 Å². The van der Waals surface area contributed by atoms with Gasteiger partial charge < -0.3 is 14.8 Å². The summed E-state index contributed by atoms with van der Waals surface area (Å²) in [5, 5.41) is 9.54. The Bertz CT molecular complexity index is 965. The summed E-state index contributed by atoms with van der Waals surface area (Å²) < 4.78 is 5.17. The first-order valence-electron chi connectivity index (χ1n) is 6.98. The van der Waals surface area contributed by atoms with Crippen LogP contribution in [0.5, 0.6) is 0 Å². The Labute approximate surface area is 135 Å². The van der Waals surface area contributed by atoms with Gasteiger partial charge in [-0.05, 0) is 30.5 Å². The molecule has 0 radical (unpaired) electrons. The highest BCUT2D eigenvalue weighted by molar-refractivity contribution is 7.14. The van der Waals surface area contributed by atoms with Crippen LogP contribution in [0.25, 0.3) is 21.7 Å². The van der Waals surface area contributed by atoms with Crippen molar-refractivity contribution >= 4 is 33.8 Å². The molecule has 4 aromatic rings. The second-order valence-electron chi connectivity index (χ2n) is 5.03. The number of nitrogens with one attached hydrogen (secondary N) is 2. The van der Waals surface area contributed by atoms with Crippen LogP contribution in [0.3, 0.4) is 0 Å². The average Bonchev–Trinajstić information content (AvgIpc) is 3.25. The number of benzene rings is 1. The van der Waals surface area contributed by atoms with Crippen LogP contribution in [-0.4, -0.2) is 21.0 Å². The van der Waals surface area contributed by atoms with E-state index in [9.17, 15) is 4.79 Å². The van der Waals surface area contributed by atoms with Crippen molar-refractivity contribution < 1.29 is 9.32 Å². The highest BCUT2D eigenvalue weighted by Crippen LogP contribution is 2.32. The molecule has 1 amide bonds. The van der Waals surface area contributed by atoms with E-state index in [-0.39, 0.29) is 5.91 Å². The third kappa shape index (κ3) is 2.51. The number of aryl methyl sites for hydroxylation is 1. The fraction of sp³-hybridized carbons (Fsp3) is 0.0625. The van der Waals surface area contributed by atoms with E-state index in [1.165, 1.54) is 11.3 Å². The third-order valence-electron chi connectivity index (χ3n) is 3.41. The number of amides is 1. The maximum atomic E-state index is 12.5. The molecule has 0 unspecified atom stereocenters. The fourth-order valence-corrected chi connectivity index (χ4v) is 3.12. The zero-order valence-electron chi connectivity index (χ0n) is 12.2. The van der Waals surface area contributed by atoms with Crippen molar-refractivity contribution in [2.45, 2.75) is 6.92 Å². The van der Waals surface area contributed by atoms with Gasteiger partial charge in [0.25, 0.3) is 11.8 Å². The lowest BCUT2D eigenvalue weighted by Gasteiger charge is -2.02. The zero-order valence-corrected chi connectivity index (χ0v) is 13.0. The second-order valence-corrected chi connectivity index (χ2v) is 5.95. The molecule has 0 fully saturated rings. The number of fused-ring (bicyclic) bond motifs is 1. The van der Waals surface area contributed by atoms with Crippen molar-refractivity contribution in [2.75, 3.05) is 5.32 Å². The number of hydrogen-bond acceptors (Lipinski definition) is 5. The van der Waals surface area contributed by atoms with Crippen molar-refractivity contribution in [3.8, 4) is 10.8 Å². The van der Waals surface area contributed by atoms with Crippen molar-refractivity contribution in [3.05, 3.63) is 53.3 Å². The number of hydrogen-bond donors (Lipinski definition) is 2. The molecule has 23 heavy (non-hydrogen) atoms. The molecular formula is C16H12N4O2S. The molecule has 0 aliphatic heterocycles. The summed E-state index contributed by atoms with van der Waals surface area (Å²) in [5.41, 5.74) is 2.09. The van der Waals surface area contributed by atoms with Gasteiger partial charge in [-0.3, -0.25) is 4.79 Å². The lowest BCUT2D eigenvalue weighted by Crippen LogP contribution is -2.12. The number of H-pyrrole nitrogens is 1. The molecule has 1 aromatic carbocycles. The van der Waals surface area contributed by atoms with E-state index in [2.05, 4.69) is 20.4 Å². The van der Waals surface area contributed by atoms with E-state index >= 15 is 0 Å².